The second kappa shape index (κ2) is 5.44. The maximum atomic E-state index is 13.3. The molecule has 2 aromatic rings. The molecule has 2 rings (SSSR count). The van der Waals surface area contributed by atoms with Crippen molar-refractivity contribution in [3.63, 3.8) is 0 Å². The molecule has 0 atom stereocenters. The van der Waals surface area contributed by atoms with E-state index in [0.717, 1.165) is 18.2 Å². The lowest BCUT2D eigenvalue weighted by Crippen LogP contribution is -2.12. The average molecular weight is 330 g/mol. The van der Waals surface area contributed by atoms with Gasteiger partial charge in [-0.25, -0.2) is 13.2 Å². The van der Waals surface area contributed by atoms with Gasteiger partial charge in [-0.15, -0.1) is 0 Å². The van der Waals surface area contributed by atoms with E-state index in [-0.39, 0.29) is 15.7 Å². The molecule has 0 heterocycles. The van der Waals surface area contributed by atoms with Crippen molar-refractivity contribution in [1.29, 1.82) is 0 Å². The van der Waals surface area contributed by atoms with Gasteiger partial charge in [0.15, 0.2) is 11.6 Å². The van der Waals surface area contributed by atoms with Crippen molar-refractivity contribution in [3.8, 4) is 0 Å². The van der Waals surface area contributed by atoms with E-state index in [1.807, 2.05) is 0 Å². The van der Waals surface area contributed by atoms with Gasteiger partial charge in [0, 0.05) is 17.3 Å². The summed E-state index contributed by atoms with van der Waals surface area (Å²) in [7, 11) is 0. The number of amides is 1. The summed E-state index contributed by atoms with van der Waals surface area (Å²) in [5, 5.41) is 2.35. The summed E-state index contributed by atoms with van der Waals surface area (Å²) in [4.78, 5) is 11.8. The van der Waals surface area contributed by atoms with E-state index in [9.17, 15) is 18.0 Å². The Morgan fingerprint density at radius 1 is 0.947 bits per heavy atom. The van der Waals surface area contributed by atoms with E-state index in [2.05, 4.69) is 21.2 Å². The first kappa shape index (κ1) is 13.6. The van der Waals surface area contributed by atoms with Crippen molar-refractivity contribution in [2.24, 2.45) is 0 Å². The van der Waals surface area contributed by atoms with Gasteiger partial charge in [-0.2, -0.15) is 0 Å². The summed E-state index contributed by atoms with van der Waals surface area (Å²) < 4.78 is 39.2. The molecule has 0 aliphatic rings. The van der Waals surface area contributed by atoms with Crippen LogP contribution in [0.4, 0.5) is 18.9 Å². The highest BCUT2D eigenvalue weighted by atomic mass is 79.9. The van der Waals surface area contributed by atoms with Crippen LogP contribution in [0.15, 0.2) is 40.9 Å². The Bertz CT molecular complexity index is 646. The number of hydrogen-bond donors (Lipinski definition) is 1. The van der Waals surface area contributed by atoms with Gasteiger partial charge in [0.1, 0.15) is 5.82 Å². The Kier molecular flexibility index (Phi) is 3.90. The van der Waals surface area contributed by atoms with Gasteiger partial charge in [-0.05, 0) is 46.3 Å². The monoisotopic (exact) mass is 329 g/mol. The molecule has 2 nitrogen and oxygen atoms in total. The van der Waals surface area contributed by atoms with Crippen LogP contribution in [0.25, 0.3) is 0 Å². The minimum absolute atomic E-state index is 0.0745. The van der Waals surface area contributed by atoms with Crippen LogP contribution in [-0.2, 0) is 0 Å². The number of nitrogens with one attached hydrogen (secondary N) is 1. The van der Waals surface area contributed by atoms with Gasteiger partial charge >= 0.3 is 0 Å². The molecule has 0 unspecified atom stereocenters. The van der Waals surface area contributed by atoms with Gasteiger partial charge in [0.2, 0.25) is 0 Å². The topological polar surface area (TPSA) is 29.1 Å². The lowest BCUT2D eigenvalue weighted by molar-refractivity contribution is 0.102. The Hall–Kier alpha value is -1.82. The van der Waals surface area contributed by atoms with E-state index in [0.29, 0.717) is 0 Å². The van der Waals surface area contributed by atoms with Gasteiger partial charge in [-0.1, -0.05) is 0 Å². The second-order valence-electron chi connectivity index (χ2n) is 3.71. The number of rotatable bonds is 2. The highest BCUT2D eigenvalue weighted by Gasteiger charge is 2.10. The maximum Gasteiger partial charge on any atom is 0.255 e. The molecule has 6 heteroatoms. The molecule has 0 saturated heterocycles. The fourth-order valence-electron chi connectivity index (χ4n) is 1.41. The maximum absolute atomic E-state index is 13.3. The predicted octanol–water partition coefficient (Wildman–Crippen LogP) is 4.12. The Morgan fingerprint density at radius 2 is 1.68 bits per heavy atom. The summed E-state index contributed by atoms with van der Waals surface area (Å²) in [6.45, 7) is 0. The molecule has 98 valence electrons. The molecule has 0 bridgehead atoms. The van der Waals surface area contributed by atoms with E-state index in [4.69, 9.17) is 0 Å². The number of anilines is 1. The average Bonchev–Trinajstić information content (AvgIpc) is 2.37. The third-order valence-corrected chi connectivity index (χ3v) is 3.00. The summed E-state index contributed by atoms with van der Waals surface area (Å²) in [5.41, 5.74) is 0.165. The van der Waals surface area contributed by atoms with Crippen LogP contribution in [0.3, 0.4) is 0 Å². The Morgan fingerprint density at radius 3 is 2.32 bits per heavy atom. The first-order valence-electron chi connectivity index (χ1n) is 5.19. The molecule has 0 saturated carbocycles. The standard InChI is InChI=1S/C13H7BrF3NO/c14-9-3-1-7(5-11(9)16)13(19)18-8-2-4-10(15)12(17)6-8/h1-6H,(H,18,19). The SMILES string of the molecule is O=C(Nc1ccc(F)c(F)c1)c1ccc(Br)c(F)c1. The van der Waals surface area contributed by atoms with Crippen molar-refractivity contribution >= 4 is 27.5 Å². The van der Waals surface area contributed by atoms with E-state index >= 15 is 0 Å². The Labute approximate surface area is 115 Å². The lowest BCUT2D eigenvalue weighted by Gasteiger charge is -2.06. The predicted molar refractivity (Wildman–Crippen MR) is 68.4 cm³/mol. The summed E-state index contributed by atoms with van der Waals surface area (Å²) in [5.74, 6) is -3.28. The van der Waals surface area contributed by atoms with Gasteiger partial charge in [0.05, 0.1) is 4.47 Å². The number of carbonyl (C=O) groups excluding carboxylic acids is 1. The molecule has 0 spiro atoms. The quantitative estimate of drug-likeness (QED) is 0.882. The number of hydrogen-bond acceptors (Lipinski definition) is 1. The molecule has 1 amide bonds. The zero-order chi connectivity index (χ0) is 14.0. The van der Waals surface area contributed by atoms with Gasteiger partial charge in [0.25, 0.3) is 5.91 Å². The zero-order valence-corrected chi connectivity index (χ0v) is 11.0. The lowest BCUT2D eigenvalue weighted by atomic mass is 10.2. The summed E-state index contributed by atoms with van der Waals surface area (Å²) in [6.07, 6.45) is 0. The Balaban J connectivity index is 2.20. The van der Waals surface area contributed by atoms with E-state index in [1.54, 1.807) is 0 Å². The van der Waals surface area contributed by atoms with Crippen LogP contribution in [0.1, 0.15) is 10.4 Å². The van der Waals surface area contributed by atoms with Crippen LogP contribution in [-0.4, -0.2) is 5.91 Å². The summed E-state index contributed by atoms with van der Waals surface area (Å²) in [6, 6.07) is 6.79. The van der Waals surface area contributed by atoms with Crippen molar-refractivity contribution in [2.45, 2.75) is 0 Å². The highest BCUT2D eigenvalue weighted by molar-refractivity contribution is 9.10. The zero-order valence-electron chi connectivity index (χ0n) is 9.38. The molecule has 0 aliphatic carbocycles. The molecular formula is C13H7BrF3NO. The van der Waals surface area contributed by atoms with Gasteiger partial charge < -0.3 is 5.32 Å². The fraction of sp³-hybridized carbons (Fsp3) is 0. The molecule has 19 heavy (non-hydrogen) atoms. The minimum Gasteiger partial charge on any atom is -0.322 e. The van der Waals surface area contributed by atoms with Gasteiger partial charge in [-0.3, -0.25) is 4.79 Å². The van der Waals surface area contributed by atoms with E-state index in [1.165, 1.54) is 18.2 Å². The van der Waals surface area contributed by atoms with Crippen LogP contribution in [0.5, 0.6) is 0 Å². The number of carbonyl (C=O) groups is 1. The molecular weight excluding hydrogens is 323 g/mol. The molecule has 0 aromatic heterocycles. The molecule has 2 aromatic carbocycles. The fourth-order valence-corrected chi connectivity index (χ4v) is 1.66. The minimum atomic E-state index is -1.07. The van der Waals surface area contributed by atoms with Crippen molar-refractivity contribution in [2.75, 3.05) is 5.32 Å². The second-order valence-corrected chi connectivity index (χ2v) is 4.57. The molecule has 1 N–H and O–H groups in total. The normalized spacial score (nSPS) is 10.3. The largest absolute Gasteiger partial charge is 0.322 e. The first-order valence-corrected chi connectivity index (χ1v) is 5.98. The first-order chi connectivity index (χ1) is 8.97. The van der Waals surface area contributed by atoms with Crippen LogP contribution in [0, 0.1) is 17.5 Å². The van der Waals surface area contributed by atoms with Crippen molar-refractivity contribution in [3.05, 3.63) is 63.9 Å². The number of benzene rings is 2. The summed E-state index contributed by atoms with van der Waals surface area (Å²) >= 11 is 2.96. The van der Waals surface area contributed by atoms with Crippen LogP contribution < -0.4 is 5.32 Å². The van der Waals surface area contributed by atoms with Crippen molar-refractivity contribution < 1.29 is 18.0 Å². The van der Waals surface area contributed by atoms with Crippen LogP contribution in [0.2, 0.25) is 0 Å². The molecule has 0 aliphatic heterocycles. The highest BCUT2D eigenvalue weighted by Crippen LogP contribution is 2.18. The number of halogens is 4. The van der Waals surface area contributed by atoms with E-state index < -0.39 is 23.4 Å². The molecule has 0 radical (unpaired) electrons. The van der Waals surface area contributed by atoms with Crippen molar-refractivity contribution in [1.82, 2.24) is 0 Å². The smallest absolute Gasteiger partial charge is 0.255 e. The third kappa shape index (κ3) is 3.14. The molecule has 0 fully saturated rings. The van der Waals surface area contributed by atoms with Crippen LogP contribution >= 0.6 is 15.9 Å². The third-order valence-electron chi connectivity index (χ3n) is 2.36.